The van der Waals surface area contributed by atoms with Crippen molar-refractivity contribution in [3.63, 3.8) is 0 Å². The first-order chi connectivity index (χ1) is 5.95. The zero-order valence-corrected chi connectivity index (χ0v) is 8.36. The fraction of sp³-hybridized carbons (Fsp3) is 0.333. The molecule has 1 aromatic carbocycles. The highest BCUT2D eigenvalue weighted by Gasteiger charge is 2.20. The van der Waals surface area contributed by atoms with Crippen LogP contribution in [0.1, 0.15) is 19.4 Å². The number of hydrogen-bond acceptors (Lipinski definition) is 3. The Morgan fingerprint density at radius 1 is 1.46 bits per heavy atom. The summed E-state index contributed by atoms with van der Waals surface area (Å²) in [5.41, 5.74) is -0.868. The van der Waals surface area contributed by atoms with Gasteiger partial charge in [0.05, 0.1) is 5.60 Å². The minimum atomic E-state index is -1.15. The summed E-state index contributed by atoms with van der Waals surface area (Å²) >= 11 is 0.981. The van der Waals surface area contributed by atoms with Crippen LogP contribution in [0, 0.1) is 5.82 Å². The van der Waals surface area contributed by atoms with Gasteiger partial charge < -0.3 is 5.11 Å². The summed E-state index contributed by atoms with van der Waals surface area (Å²) in [6, 6.07) is 4.55. The molecule has 0 spiro atoms. The van der Waals surface area contributed by atoms with Crippen molar-refractivity contribution in [3.8, 4) is 0 Å². The lowest BCUT2D eigenvalue weighted by Gasteiger charge is -2.18. The second-order valence-corrected chi connectivity index (χ2v) is 4.03. The molecular formula is C9H12FNOS. The van der Waals surface area contributed by atoms with Crippen LogP contribution in [-0.4, -0.2) is 5.11 Å². The van der Waals surface area contributed by atoms with Gasteiger partial charge in [-0.25, -0.2) is 4.39 Å². The van der Waals surface area contributed by atoms with E-state index in [-0.39, 0.29) is 5.56 Å². The molecule has 13 heavy (non-hydrogen) atoms. The Hall–Kier alpha value is -0.580. The molecule has 1 rings (SSSR count). The molecule has 0 heterocycles. The van der Waals surface area contributed by atoms with Crippen LogP contribution in [-0.2, 0) is 5.60 Å². The van der Waals surface area contributed by atoms with Gasteiger partial charge in [-0.15, -0.1) is 0 Å². The summed E-state index contributed by atoms with van der Waals surface area (Å²) in [4.78, 5) is 0.644. The van der Waals surface area contributed by atoms with Gasteiger partial charge in [0.25, 0.3) is 0 Å². The van der Waals surface area contributed by atoms with Crippen molar-refractivity contribution in [2.24, 2.45) is 5.14 Å². The predicted molar refractivity (Wildman–Crippen MR) is 51.7 cm³/mol. The lowest BCUT2D eigenvalue weighted by molar-refractivity contribution is 0.0744. The second-order valence-electron chi connectivity index (χ2n) is 3.32. The van der Waals surface area contributed by atoms with E-state index < -0.39 is 11.4 Å². The van der Waals surface area contributed by atoms with Crippen LogP contribution in [0.5, 0.6) is 0 Å². The van der Waals surface area contributed by atoms with Gasteiger partial charge >= 0.3 is 0 Å². The van der Waals surface area contributed by atoms with Crippen molar-refractivity contribution in [3.05, 3.63) is 29.6 Å². The van der Waals surface area contributed by atoms with Crippen molar-refractivity contribution in [1.82, 2.24) is 0 Å². The van der Waals surface area contributed by atoms with Crippen LogP contribution in [0.3, 0.4) is 0 Å². The number of hydrogen-bond donors (Lipinski definition) is 2. The van der Waals surface area contributed by atoms with Gasteiger partial charge in [0.15, 0.2) is 0 Å². The van der Waals surface area contributed by atoms with E-state index in [1.54, 1.807) is 26.0 Å². The van der Waals surface area contributed by atoms with Gasteiger partial charge in [-0.3, -0.25) is 5.14 Å². The van der Waals surface area contributed by atoms with Crippen molar-refractivity contribution in [2.45, 2.75) is 24.3 Å². The first-order valence-electron chi connectivity index (χ1n) is 3.84. The number of benzene rings is 1. The highest BCUT2D eigenvalue weighted by molar-refractivity contribution is 7.97. The van der Waals surface area contributed by atoms with Crippen molar-refractivity contribution in [1.29, 1.82) is 0 Å². The van der Waals surface area contributed by atoms with E-state index in [2.05, 4.69) is 0 Å². The highest BCUT2D eigenvalue weighted by atomic mass is 32.2. The van der Waals surface area contributed by atoms with Crippen molar-refractivity contribution in [2.75, 3.05) is 0 Å². The molecule has 0 aliphatic carbocycles. The molecule has 0 saturated heterocycles. The Balaban J connectivity index is 3.13. The molecule has 0 fully saturated rings. The monoisotopic (exact) mass is 201 g/mol. The van der Waals surface area contributed by atoms with E-state index in [9.17, 15) is 9.50 Å². The molecule has 0 saturated carbocycles. The third-order valence-corrected chi connectivity index (χ3v) is 2.26. The molecule has 0 radical (unpaired) electrons. The maximum Gasteiger partial charge on any atom is 0.130 e. The van der Waals surface area contributed by atoms with Crippen LogP contribution < -0.4 is 5.14 Å². The third kappa shape index (κ3) is 2.43. The van der Waals surface area contributed by atoms with Gasteiger partial charge in [0, 0.05) is 10.5 Å². The Labute approximate surface area is 81.1 Å². The molecule has 0 bridgehead atoms. The predicted octanol–water partition coefficient (Wildman–Crippen LogP) is 2.02. The highest BCUT2D eigenvalue weighted by Crippen LogP contribution is 2.25. The average molecular weight is 201 g/mol. The summed E-state index contributed by atoms with van der Waals surface area (Å²) in [5.74, 6) is -0.428. The molecule has 2 nitrogen and oxygen atoms in total. The topological polar surface area (TPSA) is 46.2 Å². The third-order valence-electron chi connectivity index (χ3n) is 1.74. The van der Waals surface area contributed by atoms with E-state index in [1.807, 2.05) is 0 Å². The molecule has 1 aromatic rings. The van der Waals surface area contributed by atoms with Crippen LogP contribution in [0.15, 0.2) is 23.1 Å². The van der Waals surface area contributed by atoms with Gasteiger partial charge in [0.1, 0.15) is 5.82 Å². The normalized spacial score (nSPS) is 11.8. The number of rotatable bonds is 2. The molecule has 0 aliphatic heterocycles. The maximum atomic E-state index is 13.3. The van der Waals surface area contributed by atoms with E-state index in [0.717, 1.165) is 11.9 Å². The average Bonchev–Trinajstić information content (AvgIpc) is 2.01. The first-order valence-corrected chi connectivity index (χ1v) is 4.72. The first kappa shape index (κ1) is 10.5. The molecule has 0 unspecified atom stereocenters. The Morgan fingerprint density at radius 3 is 2.46 bits per heavy atom. The Kier molecular flexibility index (Phi) is 2.95. The Bertz CT molecular complexity index is 309. The fourth-order valence-corrected chi connectivity index (χ4v) is 1.38. The minimum absolute atomic E-state index is 0.283. The smallest absolute Gasteiger partial charge is 0.130 e. The Morgan fingerprint density at radius 2 is 2.08 bits per heavy atom. The van der Waals surface area contributed by atoms with E-state index in [4.69, 9.17) is 5.14 Å². The zero-order valence-electron chi connectivity index (χ0n) is 7.54. The summed E-state index contributed by atoms with van der Waals surface area (Å²) in [5, 5.41) is 14.8. The van der Waals surface area contributed by atoms with Gasteiger partial charge in [-0.1, -0.05) is 6.07 Å². The summed E-state index contributed by atoms with van der Waals surface area (Å²) in [6.45, 7) is 3.08. The lowest BCUT2D eigenvalue weighted by atomic mass is 9.98. The van der Waals surface area contributed by atoms with Crippen molar-refractivity contribution >= 4 is 11.9 Å². The standard InChI is InChI=1S/C9H12FNOS/c1-9(2,12)7-4-3-6(13-11)5-8(7)10/h3-5,12H,11H2,1-2H3. The van der Waals surface area contributed by atoms with Crippen LogP contribution >= 0.6 is 11.9 Å². The van der Waals surface area contributed by atoms with Crippen molar-refractivity contribution < 1.29 is 9.50 Å². The SMILES string of the molecule is CC(C)(O)c1ccc(SN)cc1F. The number of halogens is 1. The van der Waals surface area contributed by atoms with Gasteiger partial charge in [0.2, 0.25) is 0 Å². The van der Waals surface area contributed by atoms with Crippen LogP contribution in [0.4, 0.5) is 4.39 Å². The lowest BCUT2D eigenvalue weighted by Crippen LogP contribution is -2.17. The molecule has 0 amide bonds. The molecule has 4 heteroatoms. The van der Waals surface area contributed by atoms with Crippen LogP contribution in [0.25, 0.3) is 0 Å². The summed E-state index contributed by atoms with van der Waals surface area (Å²) in [7, 11) is 0. The fourth-order valence-electron chi connectivity index (χ4n) is 1.07. The molecule has 0 aliphatic rings. The second kappa shape index (κ2) is 3.65. The van der Waals surface area contributed by atoms with Gasteiger partial charge in [-0.05, 0) is 37.9 Å². The largest absolute Gasteiger partial charge is 0.386 e. The summed E-state index contributed by atoms with van der Waals surface area (Å²) < 4.78 is 13.3. The minimum Gasteiger partial charge on any atom is -0.386 e. The molecule has 0 atom stereocenters. The maximum absolute atomic E-state index is 13.3. The molecule has 3 N–H and O–H groups in total. The summed E-state index contributed by atoms with van der Waals surface area (Å²) in [6.07, 6.45) is 0. The van der Waals surface area contributed by atoms with E-state index in [1.165, 1.54) is 6.07 Å². The zero-order chi connectivity index (χ0) is 10.1. The molecule has 72 valence electrons. The molecule has 0 aromatic heterocycles. The van der Waals surface area contributed by atoms with E-state index >= 15 is 0 Å². The molecular weight excluding hydrogens is 189 g/mol. The van der Waals surface area contributed by atoms with Crippen LogP contribution in [0.2, 0.25) is 0 Å². The van der Waals surface area contributed by atoms with E-state index in [0.29, 0.717) is 4.90 Å². The number of aliphatic hydroxyl groups is 1. The van der Waals surface area contributed by atoms with Gasteiger partial charge in [-0.2, -0.15) is 0 Å². The quantitative estimate of drug-likeness (QED) is 0.719. The number of nitrogens with two attached hydrogens (primary N) is 1.